The van der Waals surface area contributed by atoms with Gasteiger partial charge in [-0.15, -0.1) is 5.10 Å². The van der Waals surface area contributed by atoms with Gasteiger partial charge < -0.3 is 10.5 Å². The van der Waals surface area contributed by atoms with Crippen LogP contribution in [0.2, 0.25) is 0 Å². The smallest absolute Gasteiger partial charge is 0.240 e. The van der Waals surface area contributed by atoms with Crippen molar-refractivity contribution in [3.63, 3.8) is 0 Å². The molecule has 4 heterocycles. The van der Waals surface area contributed by atoms with Gasteiger partial charge in [0.05, 0.1) is 30.7 Å². The van der Waals surface area contributed by atoms with Crippen LogP contribution in [-0.4, -0.2) is 36.5 Å². The average Bonchev–Trinajstić information content (AvgIpc) is 3.46. The number of ether oxygens (including phenoxy) is 1. The number of fused-ring (bicyclic) bond motifs is 1. The van der Waals surface area contributed by atoms with Gasteiger partial charge in [0.25, 0.3) is 0 Å². The van der Waals surface area contributed by atoms with Gasteiger partial charge in [-0.25, -0.2) is 13.9 Å². The minimum atomic E-state index is -0.252. The van der Waals surface area contributed by atoms with E-state index in [0.29, 0.717) is 11.4 Å². The number of halogens is 1. The fraction of sp³-hybridized carbons (Fsp3) is 0.167. The highest BCUT2D eigenvalue weighted by Crippen LogP contribution is 2.33. The maximum absolute atomic E-state index is 13.3. The quantitative estimate of drug-likeness (QED) is 0.418. The molecule has 33 heavy (non-hydrogen) atoms. The monoisotopic (exact) mass is 443 g/mol. The third-order valence-electron chi connectivity index (χ3n) is 5.57. The lowest BCUT2D eigenvalue weighted by molar-refractivity contribution is 0.418. The molecule has 0 amide bonds. The number of anilines is 1. The number of hydrogen-bond acceptors (Lipinski definition) is 6. The molecule has 0 aliphatic rings. The van der Waals surface area contributed by atoms with Crippen LogP contribution in [0.1, 0.15) is 24.9 Å². The number of hydrogen-bond donors (Lipinski definition) is 1. The van der Waals surface area contributed by atoms with E-state index in [1.165, 1.54) is 12.1 Å². The van der Waals surface area contributed by atoms with Crippen LogP contribution in [-0.2, 0) is 0 Å². The number of nitrogens with two attached hydrogens (primary N) is 1. The normalized spacial score (nSPS) is 12.2. The Balaban J connectivity index is 1.51. The predicted molar refractivity (Wildman–Crippen MR) is 123 cm³/mol. The first-order valence-electron chi connectivity index (χ1n) is 10.5. The summed E-state index contributed by atoms with van der Waals surface area (Å²) in [6, 6.07) is 14.2. The fourth-order valence-electron chi connectivity index (χ4n) is 3.99. The van der Waals surface area contributed by atoms with Gasteiger partial charge in [-0.2, -0.15) is 10.1 Å². The Labute approximate surface area is 189 Å². The lowest BCUT2D eigenvalue weighted by Crippen LogP contribution is -2.10. The Hall–Kier alpha value is -4.27. The molecule has 166 valence electrons. The molecule has 5 rings (SSSR count). The Bertz CT molecular complexity index is 1420. The number of methoxy groups -OCH3 is 1. The van der Waals surface area contributed by atoms with Crippen molar-refractivity contribution in [2.24, 2.45) is 0 Å². The molecule has 4 aromatic heterocycles. The summed E-state index contributed by atoms with van der Waals surface area (Å²) >= 11 is 0. The Morgan fingerprint density at radius 2 is 1.85 bits per heavy atom. The third-order valence-corrected chi connectivity index (χ3v) is 5.57. The molecule has 0 aliphatic carbocycles. The van der Waals surface area contributed by atoms with E-state index in [-0.39, 0.29) is 17.8 Å². The molecule has 1 unspecified atom stereocenters. The van der Waals surface area contributed by atoms with Gasteiger partial charge >= 0.3 is 0 Å². The van der Waals surface area contributed by atoms with Crippen LogP contribution in [0.3, 0.4) is 0 Å². The lowest BCUT2D eigenvalue weighted by atomic mass is 10.0. The first kappa shape index (κ1) is 20.6. The summed E-state index contributed by atoms with van der Waals surface area (Å²) in [7, 11) is 1.58. The van der Waals surface area contributed by atoms with E-state index in [0.717, 1.165) is 34.5 Å². The number of rotatable bonds is 6. The number of benzene rings is 1. The molecule has 9 heteroatoms. The first-order valence-corrected chi connectivity index (χ1v) is 10.5. The van der Waals surface area contributed by atoms with Crippen molar-refractivity contribution < 1.29 is 9.13 Å². The molecule has 1 atom stereocenters. The predicted octanol–water partition coefficient (Wildman–Crippen LogP) is 4.38. The van der Waals surface area contributed by atoms with Crippen molar-refractivity contribution in [1.82, 2.24) is 29.4 Å². The first-order chi connectivity index (χ1) is 16.1. The van der Waals surface area contributed by atoms with Crippen molar-refractivity contribution in [3.8, 4) is 28.3 Å². The second-order valence-electron chi connectivity index (χ2n) is 7.59. The highest BCUT2D eigenvalue weighted by atomic mass is 19.1. The molecule has 0 saturated heterocycles. The zero-order chi connectivity index (χ0) is 22.9. The molecular formula is C24H22FN7O. The summed E-state index contributed by atoms with van der Waals surface area (Å²) < 4.78 is 22.4. The van der Waals surface area contributed by atoms with Crippen molar-refractivity contribution >= 4 is 11.6 Å². The second-order valence-corrected chi connectivity index (χ2v) is 7.59. The van der Waals surface area contributed by atoms with Gasteiger partial charge in [0.15, 0.2) is 11.4 Å². The summed E-state index contributed by atoms with van der Waals surface area (Å²) in [5.74, 6) is 0.466. The van der Waals surface area contributed by atoms with E-state index in [9.17, 15) is 4.39 Å². The van der Waals surface area contributed by atoms with Crippen LogP contribution in [0.15, 0.2) is 67.1 Å². The highest BCUT2D eigenvalue weighted by Gasteiger charge is 2.17. The standard InChI is InChI=1S/C24H22FN7O/c1-3-21(15-7-9-17(25)10-8-15)32-14-16(13-27-32)19-5-4-6-20(28-19)18-11-12-31-23(22(18)33-2)29-24(26)30-31/h4-14,21H,3H2,1-2H3,(H2,26,30). The molecule has 0 radical (unpaired) electrons. The van der Waals surface area contributed by atoms with Crippen LogP contribution in [0, 0.1) is 5.82 Å². The number of aromatic nitrogens is 6. The molecule has 8 nitrogen and oxygen atoms in total. The van der Waals surface area contributed by atoms with Gasteiger partial charge in [-0.3, -0.25) is 4.68 Å². The van der Waals surface area contributed by atoms with Gasteiger partial charge in [-0.05, 0) is 42.3 Å². The van der Waals surface area contributed by atoms with E-state index < -0.39 is 0 Å². The Morgan fingerprint density at radius 1 is 1.06 bits per heavy atom. The van der Waals surface area contributed by atoms with Crippen LogP contribution >= 0.6 is 0 Å². The molecule has 0 bridgehead atoms. The molecule has 2 N–H and O–H groups in total. The van der Waals surface area contributed by atoms with Crippen molar-refractivity contribution in [3.05, 3.63) is 78.5 Å². The average molecular weight is 443 g/mol. The molecule has 5 aromatic rings. The largest absolute Gasteiger partial charge is 0.492 e. The van der Waals surface area contributed by atoms with Gasteiger partial charge in [-0.1, -0.05) is 25.1 Å². The molecule has 0 saturated carbocycles. The lowest BCUT2D eigenvalue weighted by Gasteiger charge is -2.16. The zero-order valence-electron chi connectivity index (χ0n) is 18.2. The number of nitrogens with zero attached hydrogens (tertiary/aromatic N) is 6. The summed E-state index contributed by atoms with van der Waals surface area (Å²) in [5, 5.41) is 8.69. The van der Waals surface area contributed by atoms with Gasteiger partial charge in [0.1, 0.15) is 5.82 Å². The van der Waals surface area contributed by atoms with Crippen molar-refractivity contribution in [2.45, 2.75) is 19.4 Å². The number of nitrogen functional groups attached to an aromatic ring is 1. The van der Waals surface area contributed by atoms with Crippen molar-refractivity contribution in [1.29, 1.82) is 0 Å². The summed E-state index contributed by atoms with van der Waals surface area (Å²) in [5.41, 5.74) is 10.4. The third kappa shape index (κ3) is 3.78. The highest BCUT2D eigenvalue weighted by molar-refractivity contribution is 5.77. The summed E-state index contributed by atoms with van der Waals surface area (Å²) in [6.07, 6.45) is 6.34. The molecule has 0 fully saturated rings. The Morgan fingerprint density at radius 3 is 2.61 bits per heavy atom. The molecule has 0 aliphatic heterocycles. The van der Waals surface area contributed by atoms with Crippen LogP contribution in [0.4, 0.5) is 10.3 Å². The van der Waals surface area contributed by atoms with E-state index >= 15 is 0 Å². The van der Waals surface area contributed by atoms with Gasteiger partial charge in [0.2, 0.25) is 5.95 Å². The SMILES string of the molecule is CCC(c1ccc(F)cc1)n1cc(-c2cccc(-c3ccn4nc(N)nc4c3OC)n2)cn1. The van der Waals surface area contributed by atoms with Crippen molar-refractivity contribution in [2.75, 3.05) is 12.8 Å². The van der Waals surface area contributed by atoms with Crippen LogP contribution < -0.4 is 10.5 Å². The van der Waals surface area contributed by atoms with Crippen LogP contribution in [0.5, 0.6) is 5.75 Å². The topological polar surface area (TPSA) is 96.2 Å². The minimum Gasteiger partial charge on any atom is -0.492 e. The summed E-state index contributed by atoms with van der Waals surface area (Å²) in [4.78, 5) is 9.10. The zero-order valence-corrected chi connectivity index (χ0v) is 18.2. The van der Waals surface area contributed by atoms with E-state index in [1.54, 1.807) is 36.2 Å². The molecule has 0 spiro atoms. The van der Waals surface area contributed by atoms with E-state index in [1.807, 2.05) is 35.1 Å². The second kappa shape index (κ2) is 8.34. The van der Waals surface area contributed by atoms with E-state index in [4.69, 9.17) is 15.5 Å². The Kier molecular flexibility index (Phi) is 5.21. The molecule has 1 aromatic carbocycles. The fourth-order valence-corrected chi connectivity index (χ4v) is 3.99. The number of pyridine rings is 2. The van der Waals surface area contributed by atoms with Gasteiger partial charge in [0, 0.05) is 23.5 Å². The molecular weight excluding hydrogens is 421 g/mol. The van der Waals surface area contributed by atoms with Crippen LogP contribution in [0.25, 0.3) is 28.2 Å². The van der Waals surface area contributed by atoms with E-state index in [2.05, 4.69) is 22.1 Å². The maximum atomic E-state index is 13.3. The maximum Gasteiger partial charge on any atom is 0.240 e. The summed E-state index contributed by atoms with van der Waals surface area (Å²) in [6.45, 7) is 2.08. The minimum absolute atomic E-state index is 0.00318.